The van der Waals surface area contributed by atoms with Gasteiger partial charge in [-0.25, -0.2) is 0 Å². The van der Waals surface area contributed by atoms with Crippen molar-refractivity contribution in [2.45, 2.75) is 51.6 Å². The zero-order chi connectivity index (χ0) is 12.7. The van der Waals surface area contributed by atoms with E-state index >= 15 is 0 Å². The second kappa shape index (κ2) is 7.31. The number of aliphatic hydroxyl groups is 1. The molecule has 17 heavy (non-hydrogen) atoms. The smallest absolute Gasteiger partial charge is 0.279 e. The Morgan fingerprint density at radius 2 is 1.82 bits per heavy atom. The zero-order valence-electron chi connectivity index (χ0n) is 10.6. The predicted molar refractivity (Wildman–Crippen MR) is 67.9 cm³/mol. The molecule has 102 valence electrons. The van der Waals surface area contributed by atoms with Crippen LogP contribution in [0.1, 0.15) is 45.4 Å². The summed E-state index contributed by atoms with van der Waals surface area (Å²) in [5.41, 5.74) is 0. The van der Waals surface area contributed by atoms with Gasteiger partial charge in [0.2, 0.25) is 0 Å². The molecule has 0 bridgehead atoms. The molecule has 0 aromatic carbocycles. The maximum Gasteiger partial charge on any atom is 0.279 e. The van der Waals surface area contributed by atoms with E-state index < -0.39 is 16.3 Å². The van der Waals surface area contributed by atoms with E-state index in [9.17, 15) is 13.5 Å². The van der Waals surface area contributed by atoms with Gasteiger partial charge in [-0.15, -0.1) is 0 Å². The van der Waals surface area contributed by atoms with Gasteiger partial charge in [0, 0.05) is 19.6 Å². The van der Waals surface area contributed by atoms with E-state index in [-0.39, 0.29) is 6.54 Å². The Morgan fingerprint density at radius 3 is 2.35 bits per heavy atom. The van der Waals surface area contributed by atoms with Crippen LogP contribution in [-0.2, 0) is 10.2 Å². The van der Waals surface area contributed by atoms with Crippen LogP contribution in [-0.4, -0.2) is 43.6 Å². The second-order valence-corrected chi connectivity index (χ2v) is 6.36. The molecule has 1 rings (SSSR count). The van der Waals surface area contributed by atoms with Crippen molar-refractivity contribution in [2.24, 2.45) is 0 Å². The molecule has 0 amide bonds. The van der Waals surface area contributed by atoms with Crippen LogP contribution in [0.4, 0.5) is 0 Å². The molecule has 0 aromatic heterocycles. The lowest BCUT2D eigenvalue weighted by molar-refractivity contribution is 0.166. The van der Waals surface area contributed by atoms with Gasteiger partial charge in [-0.2, -0.15) is 17.4 Å². The summed E-state index contributed by atoms with van der Waals surface area (Å²) in [5.74, 6) is 0. The summed E-state index contributed by atoms with van der Waals surface area (Å²) in [7, 11) is -3.40. The molecule has 1 heterocycles. The van der Waals surface area contributed by atoms with Crippen LogP contribution in [0.15, 0.2) is 0 Å². The number of nitrogens with one attached hydrogen (secondary N) is 1. The monoisotopic (exact) mass is 264 g/mol. The highest BCUT2D eigenvalue weighted by Crippen LogP contribution is 2.12. The first-order valence-corrected chi connectivity index (χ1v) is 7.93. The summed E-state index contributed by atoms with van der Waals surface area (Å²) in [6, 6.07) is 0. The van der Waals surface area contributed by atoms with Gasteiger partial charge in [0.1, 0.15) is 0 Å². The minimum Gasteiger partial charge on any atom is -0.392 e. The molecule has 0 aromatic rings. The molecule has 1 saturated heterocycles. The maximum absolute atomic E-state index is 12.0. The van der Waals surface area contributed by atoms with Crippen molar-refractivity contribution in [3.05, 3.63) is 0 Å². The SMILES string of the molecule is CCCC(O)CNS(=O)(=O)N1CCCCCC1. The molecular formula is C11H24N2O3S. The zero-order valence-corrected chi connectivity index (χ0v) is 11.4. The minimum atomic E-state index is -3.40. The largest absolute Gasteiger partial charge is 0.392 e. The highest BCUT2D eigenvalue weighted by Gasteiger charge is 2.22. The Hall–Kier alpha value is -0.170. The molecule has 2 N–H and O–H groups in total. The van der Waals surface area contributed by atoms with E-state index in [0.717, 1.165) is 32.1 Å². The number of aliphatic hydroxyl groups excluding tert-OH is 1. The fraction of sp³-hybridized carbons (Fsp3) is 1.00. The number of rotatable bonds is 6. The van der Waals surface area contributed by atoms with Crippen molar-refractivity contribution < 1.29 is 13.5 Å². The Morgan fingerprint density at radius 1 is 1.24 bits per heavy atom. The van der Waals surface area contributed by atoms with Crippen molar-refractivity contribution >= 4 is 10.2 Å². The molecular weight excluding hydrogens is 240 g/mol. The van der Waals surface area contributed by atoms with E-state index in [1.807, 2.05) is 6.92 Å². The number of nitrogens with zero attached hydrogens (tertiary/aromatic N) is 1. The lowest BCUT2D eigenvalue weighted by atomic mass is 10.2. The summed E-state index contributed by atoms with van der Waals surface area (Å²) in [5, 5.41) is 9.52. The van der Waals surface area contributed by atoms with Gasteiger partial charge in [-0.05, 0) is 19.3 Å². The van der Waals surface area contributed by atoms with Crippen LogP contribution in [0, 0.1) is 0 Å². The van der Waals surface area contributed by atoms with Gasteiger partial charge in [-0.1, -0.05) is 26.2 Å². The summed E-state index contributed by atoms with van der Waals surface area (Å²) >= 11 is 0. The number of hydrogen-bond donors (Lipinski definition) is 2. The third-order valence-electron chi connectivity index (χ3n) is 3.03. The third kappa shape index (κ3) is 5.33. The van der Waals surface area contributed by atoms with Crippen molar-refractivity contribution in [3.63, 3.8) is 0 Å². The van der Waals surface area contributed by atoms with Crippen molar-refractivity contribution in [3.8, 4) is 0 Å². The molecule has 1 unspecified atom stereocenters. The fourth-order valence-electron chi connectivity index (χ4n) is 2.01. The van der Waals surface area contributed by atoms with Gasteiger partial charge in [0.05, 0.1) is 6.10 Å². The van der Waals surface area contributed by atoms with Crippen LogP contribution in [0.5, 0.6) is 0 Å². The predicted octanol–water partition coefficient (Wildman–Crippen LogP) is 0.858. The highest BCUT2D eigenvalue weighted by atomic mass is 32.2. The Bertz CT molecular complexity index is 298. The molecule has 1 fully saturated rings. The minimum absolute atomic E-state index is 0.118. The van der Waals surface area contributed by atoms with Crippen LogP contribution in [0.3, 0.4) is 0 Å². The molecule has 6 heteroatoms. The number of hydrogen-bond acceptors (Lipinski definition) is 3. The van der Waals surface area contributed by atoms with Crippen molar-refractivity contribution in [1.29, 1.82) is 0 Å². The Kier molecular flexibility index (Phi) is 6.40. The Labute approximate surface area is 104 Å². The molecule has 0 aliphatic carbocycles. The molecule has 1 atom stereocenters. The van der Waals surface area contributed by atoms with E-state index in [1.165, 1.54) is 4.31 Å². The first kappa shape index (κ1) is 14.9. The van der Waals surface area contributed by atoms with Crippen LogP contribution < -0.4 is 4.72 Å². The lowest BCUT2D eigenvalue weighted by Gasteiger charge is -2.21. The summed E-state index contributed by atoms with van der Waals surface area (Å²) in [6.45, 7) is 3.28. The third-order valence-corrected chi connectivity index (χ3v) is 4.60. The Balaban J connectivity index is 2.43. The highest BCUT2D eigenvalue weighted by molar-refractivity contribution is 7.87. The summed E-state index contributed by atoms with van der Waals surface area (Å²) in [6.07, 6.45) is 4.96. The van der Waals surface area contributed by atoms with Gasteiger partial charge in [0.15, 0.2) is 0 Å². The van der Waals surface area contributed by atoms with E-state index in [1.54, 1.807) is 0 Å². The first-order chi connectivity index (χ1) is 8.06. The summed E-state index contributed by atoms with van der Waals surface area (Å²) < 4.78 is 27.9. The lowest BCUT2D eigenvalue weighted by Crippen LogP contribution is -2.43. The maximum atomic E-state index is 12.0. The normalized spacial score (nSPS) is 21.1. The van der Waals surface area contributed by atoms with Crippen molar-refractivity contribution in [1.82, 2.24) is 9.03 Å². The van der Waals surface area contributed by atoms with Crippen LogP contribution >= 0.6 is 0 Å². The van der Waals surface area contributed by atoms with Gasteiger partial charge < -0.3 is 5.11 Å². The van der Waals surface area contributed by atoms with E-state index in [0.29, 0.717) is 19.5 Å². The molecule has 5 nitrogen and oxygen atoms in total. The molecule has 0 radical (unpaired) electrons. The van der Waals surface area contributed by atoms with Crippen molar-refractivity contribution in [2.75, 3.05) is 19.6 Å². The molecule has 0 spiro atoms. The van der Waals surface area contributed by atoms with Gasteiger partial charge >= 0.3 is 0 Å². The molecule has 1 aliphatic rings. The van der Waals surface area contributed by atoms with Crippen LogP contribution in [0.25, 0.3) is 0 Å². The second-order valence-electron chi connectivity index (χ2n) is 4.61. The van der Waals surface area contributed by atoms with Gasteiger partial charge in [0.25, 0.3) is 10.2 Å². The topological polar surface area (TPSA) is 69.6 Å². The molecule has 1 aliphatic heterocycles. The van der Waals surface area contributed by atoms with Gasteiger partial charge in [-0.3, -0.25) is 0 Å². The summed E-state index contributed by atoms with van der Waals surface area (Å²) in [4.78, 5) is 0. The van der Waals surface area contributed by atoms with E-state index in [4.69, 9.17) is 0 Å². The fourth-order valence-corrected chi connectivity index (χ4v) is 3.33. The van der Waals surface area contributed by atoms with Crippen LogP contribution in [0.2, 0.25) is 0 Å². The first-order valence-electron chi connectivity index (χ1n) is 6.49. The van der Waals surface area contributed by atoms with E-state index in [2.05, 4.69) is 4.72 Å². The standard InChI is InChI=1S/C11H24N2O3S/c1-2-7-11(14)10-12-17(15,16)13-8-5-3-4-6-9-13/h11-12,14H,2-10H2,1H3. The average Bonchev–Trinajstić information content (AvgIpc) is 2.56. The quantitative estimate of drug-likeness (QED) is 0.747. The molecule has 0 saturated carbocycles. The average molecular weight is 264 g/mol.